The van der Waals surface area contributed by atoms with Gasteiger partial charge in [0, 0.05) is 45.7 Å². The summed E-state index contributed by atoms with van der Waals surface area (Å²) in [7, 11) is 1.80. The van der Waals surface area contributed by atoms with Crippen LogP contribution in [0.5, 0.6) is 0 Å². The standard InChI is InChI=1S/C17H33N5O/c1-15(2)7-13-23-14-10-21-17(18-4)20-8-5-6-11-22-12-9-19-16(22)3/h9,12,15H,5-8,10-11,13-14H2,1-4H3,(H2,18,20,21). The van der Waals surface area contributed by atoms with Gasteiger partial charge in [-0.1, -0.05) is 13.8 Å². The molecule has 1 heterocycles. The summed E-state index contributed by atoms with van der Waals surface area (Å²) in [5, 5.41) is 6.60. The fourth-order valence-corrected chi connectivity index (χ4v) is 2.14. The first-order chi connectivity index (χ1) is 11.1. The molecule has 6 heteroatoms. The molecule has 2 N–H and O–H groups in total. The van der Waals surface area contributed by atoms with E-state index in [9.17, 15) is 0 Å². The van der Waals surface area contributed by atoms with Crippen LogP contribution in [-0.2, 0) is 11.3 Å². The van der Waals surface area contributed by atoms with E-state index >= 15 is 0 Å². The predicted octanol–water partition coefficient (Wildman–Crippen LogP) is 2.20. The molecule has 0 radical (unpaired) electrons. The molecule has 0 spiro atoms. The van der Waals surface area contributed by atoms with Crippen molar-refractivity contribution in [2.45, 2.75) is 46.6 Å². The van der Waals surface area contributed by atoms with Crippen molar-refractivity contribution in [3.8, 4) is 0 Å². The van der Waals surface area contributed by atoms with Crippen molar-refractivity contribution in [2.75, 3.05) is 33.4 Å². The van der Waals surface area contributed by atoms with Crippen LogP contribution in [0.4, 0.5) is 0 Å². The van der Waals surface area contributed by atoms with Gasteiger partial charge in [-0.15, -0.1) is 0 Å². The highest BCUT2D eigenvalue weighted by atomic mass is 16.5. The second-order valence-corrected chi connectivity index (χ2v) is 6.10. The molecule has 0 aliphatic heterocycles. The zero-order valence-corrected chi connectivity index (χ0v) is 15.1. The highest BCUT2D eigenvalue weighted by Gasteiger charge is 1.99. The lowest BCUT2D eigenvalue weighted by Gasteiger charge is -2.12. The van der Waals surface area contributed by atoms with Crippen LogP contribution in [0.1, 0.15) is 38.9 Å². The number of ether oxygens (including phenoxy) is 1. The molecule has 23 heavy (non-hydrogen) atoms. The quantitative estimate of drug-likeness (QED) is 0.372. The van der Waals surface area contributed by atoms with Gasteiger partial charge in [0.2, 0.25) is 0 Å². The Morgan fingerprint density at radius 1 is 1.26 bits per heavy atom. The Bertz CT molecular complexity index is 442. The number of hydrogen-bond donors (Lipinski definition) is 2. The fraction of sp³-hybridized carbons (Fsp3) is 0.765. The van der Waals surface area contributed by atoms with Crippen LogP contribution in [0.25, 0.3) is 0 Å². The minimum Gasteiger partial charge on any atom is -0.380 e. The third-order valence-corrected chi connectivity index (χ3v) is 3.64. The number of rotatable bonds is 11. The first kappa shape index (κ1) is 19.5. The summed E-state index contributed by atoms with van der Waals surface area (Å²) < 4.78 is 7.76. The first-order valence-corrected chi connectivity index (χ1v) is 8.63. The average molecular weight is 323 g/mol. The van der Waals surface area contributed by atoms with Crippen molar-refractivity contribution in [1.82, 2.24) is 20.2 Å². The molecule has 0 aliphatic rings. The summed E-state index contributed by atoms with van der Waals surface area (Å²) in [5.74, 6) is 2.62. The Balaban J connectivity index is 2.00. The molecular weight excluding hydrogens is 290 g/mol. The lowest BCUT2D eigenvalue weighted by atomic mass is 10.1. The van der Waals surface area contributed by atoms with E-state index in [1.165, 1.54) is 0 Å². The zero-order valence-electron chi connectivity index (χ0n) is 15.1. The van der Waals surface area contributed by atoms with Gasteiger partial charge in [0.1, 0.15) is 5.82 Å². The molecule has 0 aliphatic carbocycles. The monoisotopic (exact) mass is 323 g/mol. The molecule has 1 rings (SSSR count). The maximum absolute atomic E-state index is 5.58. The van der Waals surface area contributed by atoms with Gasteiger partial charge in [0.15, 0.2) is 5.96 Å². The molecule has 6 nitrogen and oxygen atoms in total. The average Bonchev–Trinajstić information content (AvgIpc) is 2.93. The lowest BCUT2D eigenvalue weighted by molar-refractivity contribution is 0.128. The van der Waals surface area contributed by atoms with E-state index in [2.05, 4.69) is 39.0 Å². The predicted molar refractivity (Wildman–Crippen MR) is 95.8 cm³/mol. The van der Waals surface area contributed by atoms with Gasteiger partial charge in [-0.3, -0.25) is 4.99 Å². The molecule has 0 bridgehead atoms. The Kier molecular flexibility index (Phi) is 10.1. The number of unbranched alkanes of at least 4 members (excludes halogenated alkanes) is 1. The number of aliphatic imine (C=N–C) groups is 1. The molecule has 0 fully saturated rings. The van der Waals surface area contributed by atoms with Gasteiger partial charge in [-0.25, -0.2) is 4.98 Å². The molecule has 0 aromatic carbocycles. The van der Waals surface area contributed by atoms with E-state index in [-0.39, 0.29) is 0 Å². The molecule has 0 unspecified atom stereocenters. The normalized spacial score (nSPS) is 12.0. The zero-order chi connectivity index (χ0) is 16.9. The molecule has 0 atom stereocenters. The van der Waals surface area contributed by atoms with Gasteiger partial charge < -0.3 is 19.9 Å². The van der Waals surface area contributed by atoms with Crippen LogP contribution < -0.4 is 10.6 Å². The van der Waals surface area contributed by atoms with Crippen LogP contribution >= 0.6 is 0 Å². The van der Waals surface area contributed by atoms with Crippen molar-refractivity contribution in [1.29, 1.82) is 0 Å². The van der Waals surface area contributed by atoms with Gasteiger partial charge >= 0.3 is 0 Å². The lowest BCUT2D eigenvalue weighted by Crippen LogP contribution is -2.39. The maximum atomic E-state index is 5.58. The molecule has 0 saturated heterocycles. The van der Waals surface area contributed by atoms with Crippen LogP contribution in [0.2, 0.25) is 0 Å². The second-order valence-electron chi connectivity index (χ2n) is 6.10. The number of nitrogens with one attached hydrogen (secondary N) is 2. The van der Waals surface area contributed by atoms with E-state index in [1.807, 2.05) is 19.3 Å². The molecule has 1 aromatic heterocycles. The number of hydrogen-bond acceptors (Lipinski definition) is 3. The van der Waals surface area contributed by atoms with Crippen LogP contribution in [0.3, 0.4) is 0 Å². The number of aryl methyl sites for hydroxylation is 2. The van der Waals surface area contributed by atoms with Crippen LogP contribution in [0, 0.1) is 12.8 Å². The Morgan fingerprint density at radius 2 is 2.04 bits per heavy atom. The third-order valence-electron chi connectivity index (χ3n) is 3.64. The second kappa shape index (κ2) is 11.9. The summed E-state index contributed by atoms with van der Waals surface area (Å²) in [6.07, 6.45) is 7.22. The van der Waals surface area contributed by atoms with Crippen molar-refractivity contribution in [2.24, 2.45) is 10.9 Å². The minimum absolute atomic E-state index is 0.698. The highest BCUT2D eigenvalue weighted by molar-refractivity contribution is 5.79. The molecule has 0 saturated carbocycles. The molecule has 1 aromatic rings. The fourth-order valence-electron chi connectivity index (χ4n) is 2.14. The van der Waals surface area contributed by atoms with Crippen molar-refractivity contribution in [3.63, 3.8) is 0 Å². The molecule has 0 amide bonds. The Morgan fingerprint density at radius 3 is 2.70 bits per heavy atom. The topological polar surface area (TPSA) is 63.5 Å². The van der Waals surface area contributed by atoms with Crippen molar-refractivity contribution < 1.29 is 4.74 Å². The number of nitrogens with zero attached hydrogens (tertiary/aromatic N) is 3. The van der Waals surface area contributed by atoms with E-state index in [0.29, 0.717) is 12.5 Å². The highest BCUT2D eigenvalue weighted by Crippen LogP contribution is 1.99. The van der Waals surface area contributed by atoms with E-state index in [4.69, 9.17) is 4.74 Å². The summed E-state index contributed by atoms with van der Waals surface area (Å²) in [5.41, 5.74) is 0. The largest absolute Gasteiger partial charge is 0.380 e. The van der Waals surface area contributed by atoms with Gasteiger partial charge in [-0.05, 0) is 32.1 Å². The molecule has 132 valence electrons. The SMILES string of the molecule is CN=C(NCCCCn1ccnc1C)NCCOCCC(C)C. The van der Waals surface area contributed by atoms with Crippen molar-refractivity contribution in [3.05, 3.63) is 18.2 Å². The van der Waals surface area contributed by atoms with Crippen LogP contribution in [-0.4, -0.2) is 48.9 Å². The van der Waals surface area contributed by atoms with Gasteiger partial charge in [0.25, 0.3) is 0 Å². The summed E-state index contributed by atoms with van der Waals surface area (Å²) in [6.45, 7) is 10.7. The number of aromatic nitrogens is 2. The van der Waals surface area contributed by atoms with E-state index in [0.717, 1.165) is 57.3 Å². The van der Waals surface area contributed by atoms with E-state index in [1.54, 1.807) is 7.05 Å². The smallest absolute Gasteiger partial charge is 0.191 e. The van der Waals surface area contributed by atoms with Gasteiger partial charge in [0.05, 0.1) is 6.61 Å². The van der Waals surface area contributed by atoms with Gasteiger partial charge in [-0.2, -0.15) is 0 Å². The molecular formula is C17H33N5O. The third kappa shape index (κ3) is 9.23. The van der Waals surface area contributed by atoms with E-state index < -0.39 is 0 Å². The number of imidazole rings is 1. The van der Waals surface area contributed by atoms with Crippen molar-refractivity contribution >= 4 is 5.96 Å². The summed E-state index contributed by atoms with van der Waals surface area (Å²) in [4.78, 5) is 8.45. The summed E-state index contributed by atoms with van der Waals surface area (Å²) >= 11 is 0. The maximum Gasteiger partial charge on any atom is 0.191 e. The summed E-state index contributed by atoms with van der Waals surface area (Å²) in [6, 6.07) is 0. The Hall–Kier alpha value is -1.56. The Labute approximate surface area is 140 Å². The van der Waals surface area contributed by atoms with Crippen LogP contribution in [0.15, 0.2) is 17.4 Å². The minimum atomic E-state index is 0.698. The first-order valence-electron chi connectivity index (χ1n) is 8.63. The number of guanidine groups is 1.